The Bertz CT molecular complexity index is 278. The van der Waals surface area contributed by atoms with Crippen molar-refractivity contribution < 1.29 is 4.63 Å². The van der Waals surface area contributed by atoms with Gasteiger partial charge in [-0.05, 0) is 32.6 Å². The lowest BCUT2D eigenvalue weighted by molar-refractivity contribution is 0.300. The van der Waals surface area contributed by atoms with Crippen LogP contribution in [0.3, 0.4) is 0 Å². The van der Waals surface area contributed by atoms with Crippen LogP contribution in [0.2, 0.25) is 0 Å². The Hall–Kier alpha value is -0.900. The summed E-state index contributed by atoms with van der Waals surface area (Å²) in [6.45, 7) is 1.90. The van der Waals surface area contributed by atoms with E-state index in [-0.39, 0.29) is 5.54 Å². The zero-order valence-corrected chi connectivity index (χ0v) is 7.21. The largest absolute Gasteiger partial charge is 0.325 e. The molecule has 0 atom stereocenters. The molecule has 0 unspecified atom stereocenters. The number of hydrogen-bond acceptors (Lipinski definition) is 4. The van der Waals surface area contributed by atoms with Crippen molar-refractivity contribution in [1.29, 1.82) is 0 Å². The molecule has 0 radical (unpaired) electrons. The fourth-order valence-corrected chi connectivity index (χ4v) is 1.25. The van der Waals surface area contributed by atoms with Gasteiger partial charge in [-0.15, -0.1) is 0 Å². The Balaban J connectivity index is 1.91. The number of aromatic nitrogens is 2. The van der Waals surface area contributed by atoms with E-state index in [1.54, 1.807) is 0 Å². The molecule has 1 fully saturated rings. The van der Waals surface area contributed by atoms with Gasteiger partial charge in [-0.25, -0.2) is 4.63 Å². The Morgan fingerprint density at radius 2 is 2.25 bits per heavy atom. The van der Waals surface area contributed by atoms with E-state index in [0.717, 1.165) is 37.1 Å². The highest BCUT2D eigenvalue weighted by atomic mass is 16.6. The monoisotopic (exact) mass is 167 g/mol. The Morgan fingerprint density at radius 1 is 1.50 bits per heavy atom. The van der Waals surface area contributed by atoms with Gasteiger partial charge in [0.25, 0.3) is 0 Å². The van der Waals surface area contributed by atoms with E-state index in [4.69, 9.17) is 5.73 Å². The maximum atomic E-state index is 5.93. The molecule has 0 aliphatic heterocycles. The quantitative estimate of drug-likeness (QED) is 0.723. The second-order valence-corrected chi connectivity index (χ2v) is 3.66. The summed E-state index contributed by atoms with van der Waals surface area (Å²) in [6.07, 6.45) is 4.20. The molecular formula is C8H13N3O. The first kappa shape index (κ1) is 7.73. The summed E-state index contributed by atoms with van der Waals surface area (Å²) in [5, 5.41) is 7.52. The lowest BCUT2D eigenvalue weighted by Gasteiger charge is -2.04. The number of hydrogen-bond donors (Lipinski definition) is 1. The molecule has 2 rings (SSSR count). The molecule has 0 bridgehead atoms. The second-order valence-electron chi connectivity index (χ2n) is 3.66. The topological polar surface area (TPSA) is 64.9 Å². The zero-order chi connectivity index (χ0) is 8.60. The van der Waals surface area contributed by atoms with Crippen LogP contribution < -0.4 is 5.73 Å². The number of rotatable bonds is 3. The predicted molar refractivity (Wildman–Crippen MR) is 43.5 cm³/mol. The van der Waals surface area contributed by atoms with Crippen LogP contribution in [0.5, 0.6) is 0 Å². The zero-order valence-electron chi connectivity index (χ0n) is 7.21. The molecule has 0 amide bonds. The highest BCUT2D eigenvalue weighted by Gasteiger charge is 2.37. The van der Waals surface area contributed by atoms with Gasteiger partial charge < -0.3 is 5.73 Å². The molecule has 1 saturated carbocycles. The number of aryl methyl sites for hydroxylation is 2. The van der Waals surface area contributed by atoms with E-state index in [2.05, 4.69) is 14.9 Å². The molecule has 0 aromatic carbocycles. The minimum Gasteiger partial charge on any atom is -0.325 e. The fourth-order valence-electron chi connectivity index (χ4n) is 1.25. The molecule has 12 heavy (non-hydrogen) atoms. The summed E-state index contributed by atoms with van der Waals surface area (Å²) >= 11 is 0. The predicted octanol–water partition coefficient (Wildman–Crippen LogP) is 0.802. The molecule has 1 heterocycles. The second kappa shape index (κ2) is 2.55. The van der Waals surface area contributed by atoms with Gasteiger partial charge in [-0.3, -0.25) is 0 Å². The summed E-state index contributed by atoms with van der Waals surface area (Å²) in [6, 6.07) is 0. The molecular weight excluding hydrogens is 154 g/mol. The third kappa shape index (κ3) is 1.48. The fraction of sp³-hybridized carbons (Fsp3) is 0.750. The van der Waals surface area contributed by atoms with Crippen molar-refractivity contribution in [3.63, 3.8) is 0 Å². The van der Waals surface area contributed by atoms with Gasteiger partial charge in [0.15, 0.2) is 0 Å². The van der Waals surface area contributed by atoms with Crippen molar-refractivity contribution in [2.45, 2.75) is 38.1 Å². The van der Waals surface area contributed by atoms with Crippen LogP contribution in [0.1, 0.15) is 30.7 Å². The lowest BCUT2D eigenvalue weighted by atomic mass is 10.1. The molecule has 1 aliphatic carbocycles. The molecule has 0 saturated heterocycles. The normalized spacial score (nSPS) is 19.5. The highest BCUT2D eigenvalue weighted by molar-refractivity contribution is 5.08. The standard InChI is InChI=1S/C8H13N3O/c1-6-7(11-12-10-6)2-3-8(9)4-5-8/h2-5,9H2,1H3. The third-order valence-electron chi connectivity index (χ3n) is 2.50. The van der Waals surface area contributed by atoms with Crippen molar-refractivity contribution in [3.8, 4) is 0 Å². The van der Waals surface area contributed by atoms with Crippen molar-refractivity contribution in [2.24, 2.45) is 5.73 Å². The first-order valence-electron chi connectivity index (χ1n) is 4.27. The van der Waals surface area contributed by atoms with Gasteiger partial charge >= 0.3 is 0 Å². The molecule has 1 aromatic rings. The summed E-state index contributed by atoms with van der Waals surface area (Å²) in [5.74, 6) is 0. The van der Waals surface area contributed by atoms with E-state index in [9.17, 15) is 0 Å². The van der Waals surface area contributed by atoms with Crippen molar-refractivity contribution in [1.82, 2.24) is 10.3 Å². The number of nitrogens with two attached hydrogens (primary N) is 1. The molecule has 66 valence electrons. The van der Waals surface area contributed by atoms with E-state index < -0.39 is 0 Å². The summed E-state index contributed by atoms with van der Waals surface area (Å²) in [7, 11) is 0. The maximum Gasteiger partial charge on any atom is 0.108 e. The van der Waals surface area contributed by atoms with Gasteiger partial charge in [-0.1, -0.05) is 10.3 Å². The molecule has 2 N–H and O–H groups in total. The first-order valence-corrected chi connectivity index (χ1v) is 4.27. The van der Waals surface area contributed by atoms with Crippen molar-refractivity contribution in [2.75, 3.05) is 0 Å². The van der Waals surface area contributed by atoms with Gasteiger partial charge in [0.2, 0.25) is 0 Å². The minimum atomic E-state index is 0.103. The summed E-state index contributed by atoms with van der Waals surface area (Å²) in [5.41, 5.74) is 7.88. The lowest BCUT2D eigenvalue weighted by Crippen LogP contribution is -2.22. The molecule has 4 heteroatoms. The van der Waals surface area contributed by atoms with Gasteiger partial charge in [0.1, 0.15) is 11.4 Å². The van der Waals surface area contributed by atoms with Gasteiger partial charge in [-0.2, -0.15) is 0 Å². The Morgan fingerprint density at radius 3 is 2.75 bits per heavy atom. The molecule has 4 nitrogen and oxygen atoms in total. The van der Waals surface area contributed by atoms with Crippen LogP contribution in [0.4, 0.5) is 0 Å². The molecule has 1 aliphatic rings. The van der Waals surface area contributed by atoms with Crippen LogP contribution in [-0.2, 0) is 6.42 Å². The van der Waals surface area contributed by atoms with E-state index in [0.29, 0.717) is 0 Å². The average Bonchev–Trinajstić information content (AvgIpc) is 2.61. The summed E-state index contributed by atoms with van der Waals surface area (Å²) in [4.78, 5) is 0. The van der Waals surface area contributed by atoms with Crippen molar-refractivity contribution >= 4 is 0 Å². The smallest absolute Gasteiger partial charge is 0.108 e. The molecule has 1 aromatic heterocycles. The van der Waals surface area contributed by atoms with Crippen LogP contribution in [0, 0.1) is 6.92 Å². The van der Waals surface area contributed by atoms with Gasteiger partial charge in [0, 0.05) is 5.54 Å². The molecule has 0 spiro atoms. The van der Waals surface area contributed by atoms with Crippen LogP contribution in [-0.4, -0.2) is 15.9 Å². The third-order valence-corrected chi connectivity index (χ3v) is 2.50. The van der Waals surface area contributed by atoms with Gasteiger partial charge in [0.05, 0.1) is 0 Å². The van der Waals surface area contributed by atoms with Crippen LogP contribution in [0.15, 0.2) is 4.63 Å². The van der Waals surface area contributed by atoms with E-state index in [1.165, 1.54) is 0 Å². The van der Waals surface area contributed by atoms with Crippen LogP contribution >= 0.6 is 0 Å². The SMILES string of the molecule is Cc1nonc1CCC1(N)CC1. The van der Waals surface area contributed by atoms with E-state index >= 15 is 0 Å². The highest BCUT2D eigenvalue weighted by Crippen LogP contribution is 2.36. The Kier molecular flexibility index (Phi) is 1.65. The van der Waals surface area contributed by atoms with Crippen LogP contribution in [0.25, 0.3) is 0 Å². The average molecular weight is 167 g/mol. The Labute approximate surface area is 71.1 Å². The van der Waals surface area contributed by atoms with E-state index in [1.807, 2.05) is 6.92 Å². The minimum absolute atomic E-state index is 0.103. The first-order chi connectivity index (χ1) is 5.70. The van der Waals surface area contributed by atoms with Crippen molar-refractivity contribution in [3.05, 3.63) is 11.4 Å². The maximum absolute atomic E-state index is 5.93. The summed E-state index contributed by atoms with van der Waals surface area (Å²) < 4.78 is 4.59. The number of nitrogens with zero attached hydrogens (tertiary/aromatic N) is 2.